The predicted octanol–water partition coefficient (Wildman–Crippen LogP) is 4.26. The van der Waals surface area contributed by atoms with Crippen LogP contribution in [-0.4, -0.2) is 24.6 Å². The van der Waals surface area contributed by atoms with E-state index in [2.05, 4.69) is 10.1 Å². The number of amides is 1. The Morgan fingerprint density at radius 1 is 1.15 bits per heavy atom. The minimum atomic E-state index is -3.07. The van der Waals surface area contributed by atoms with Crippen LogP contribution in [0.25, 0.3) is 0 Å². The first-order valence-electron chi connectivity index (χ1n) is 7.28. The zero-order valence-corrected chi connectivity index (χ0v) is 14.1. The van der Waals surface area contributed by atoms with E-state index in [1.807, 2.05) is 0 Å². The summed E-state index contributed by atoms with van der Waals surface area (Å²) < 4.78 is 47.6. The molecule has 0 aliphatic heterocycles. The Kier molecular flexibility index (Phi) is 6.46. The summed E-state index contributed by atoms with van der Waals surface area (Å²) in [7, 11) is 0. The summed E-state index contributed by atoms with van der Waals surface area (Å²) in [5.74, 6) is -3.02. The van der Waals surface area contributed by atoms with Crippen molar-refractivity contribution in [3.63, 3.8) is 0 Å². The summed E-state index contributed by atoms with van der Waals surface area (Å²) in [6, 6.07) is 8.81. The van der Waals surface area contributed by atoms with Crippen molar-refractivity contribution in [2.24, 2.45) is 0 Å². The number of rotatable bonds is 6. The van der Waals surface area contributed by atoms with E-state index in [-0.39, 0.29) is 16.5 Å². The molecule has 0 spiro atoms. The molecule has 9 heteroatoms. The minimum absolute atomic E-state index is 0.0327. The Balaban J connectivity index is 2.06. The molecule has 1 amide bonds. The lowest BCUT2D eigenvalue weighted by Gasteiger charge is -2.16. The minimum Gasteiger partial charge on any atom is -0.449 e. The first-order chi connectivity index (χ1) is 12.3. The summed E-state index contributed by atoms with van der Waals surface area (Å²) in [5.41, 5.74) is -0.465. The Morgan fingerprint density at radius 3 is 2.54 bits per heavy atom. The van der Waals surface area contributed by atoms with E-state index in [1.54, 1.807) is 0 Å². The maximum absolute atomic E-state index is 13.6. The quantitative estimate of drug-likeness (QED) is 0.752. The molecule has 0 aliphatic carbocycles. The van der Waals surface area contributed by atoms with Gasteiger partial charge in [0.1, 0.15) is 11.6 Å². The summed E-state index contributed by atoms with van der Waals surface area (Å²) in [5, 5.41) is 2.42. The van der Waals surface area contributed by atoms with Gasteiger partial charge in [-0.15, -0.1) is 0 Å². The molecule has 0 aromatic heterocycles. The second-order valence-corrected chi connectivity index (χ2v) is 5.47. The summed E-state index contributed by atoms with van der Waals surface area (Å²) in [6.07, 6.45) is -1.33. The van der Waals surface area contributed by atoms with Crippen LogP contribution in [-0.2, 0) is 9.53 Å². The lowest BCUT2D eigenvalue weighted by molar-refractivity contribution is -0.123. The molecule has 0 radical (unpaired) electrons. The summed E-state index contributed by atoms with van der Waals surface area (Å²) in [4.78, 5) is 24.1. The largest absolute Gasteiger partial charge is 0.449 e. The fourth-order valence-corrected chi connectivity index (χ4v) is 2.11. The van der Waals surface area contributed by atoms with Gasteiger partial charge in [-0.2, -0.15) is 8.78 Å². The van der Waals surface area contributed by atoms with E-state index >= 15 is 0 Å². The number of alkyl halides is 2. The van der Waals surface area contributed by atoms with Crippen molar-refractivity contribution in [2.75, 3.05) is 5.32 Å². The number of hydrogen-bond donors (Lipinski definition) is 1. The molecular formula is C17H13ClF3NO4. The van der Waals surface area contributed by atoms with Gasteiger partial charge in [0.05, 0.1) is 11.3 Å². The zero-order chi connectivity index (χ0) is 19.3. The third-order valence-electron chi connectivity index (χ3n) is 3.16. The molecular weight excluding hydrogens is 375 g/mol. The fraction of sp³-hybridized carbons (Fsp3) is 0.176. The molecule has 0 aliphatic rings. The van der Waals surface area contributed by atoms with E-state index in [4.69, 9.17) is 16.3 Å². The molecule has 2 aromatic carbocycles. The second kappa shape index (κ2) is 8.57. The van der Waals surface area contributed by atoms with Crippen molar-refractivity contribution in [3.8, 4) is 5.75 Å². The maximum atomic E-state index is 13.6. The van der Waals surface area contributed by atoms with Crippen LogP contribution in [0, 0.1) is 5.82 Å². The van der Waals surface area contributed by atoms with Gasteiger partial charge < -0.3 is 14.8 Å². The highest BCUT2D eigenvalue weighted by atomic mass is 35.5. The van der Waals surface area contributed by atoms with Crippen LogP contribution in [0.3, 0.4) is 0 Å². The van der Waals surface area contributed by atoms with Gasteiger partial charge in [-0.3, -0.25) is 4.79 Å². The first-order valence-corrected chi connectivity index (χ1v) is 7.66. The van der Waals surface area contributed by atoms with Crippen molar-refractivity contribution >= 4 is 29.2 Å². The predicted molar refractivity (Wildman–Crippen MR) is 88.0 cm³/mol. The summed E-state index contributed by atoms with van der Waals surface area (Å²) >= 11 is 5.70. The van der Waals surface area contributed by atoms with Crippen molar-refractivity contribution in [3.05, 3.63) is 58.9 Å². The highest BCUT2D eigenvalue weighted by Gasteiger charge is 2.22. The van der Waals surface area contributed by atoms with E-state index < -0.39 is 36.0 Å². The van der Waals surface area contributed by atoms with Crippen molar-refractivity contribution in [1.82, 2.24) is 0 Å². The van der Waals surface area contributed by atoms with Crippen molar-refractivity contribution in [1.29, 1.82) is 0 Å². The number of benzene rings is 2. The van der Waals surface area contributed by atoms with E-state index in [9.17, 15) is 22.8 Å². The van der Waals surface area contributed by atoms with Crippen LogP contribution in [0.15, 0.2) is 42.5 Å². The van der Waals surface area contributed by atoms with E-state index in [1.165, 1.54) is 37.3 Å². The molecule has 138 valence electrons. The van der Waals surface area contributed by atoms with Gasteiger partial charge in [-0.1, -0.05) is 23.7 Å². The third-order valence-corrected chi connectivity index (χ3v) is 3.40. The number of para-hydroxylation sites is 2. The average Bonchev–Trinajstić information content (AvgIpc) is 2.58. The smallest absolute Gasteiger partial charge is 0.387 e. The average molecular weight is 388 g/mol. The molecule has 1 atom stereocenters. The van der Waals surface area contributed by atoms with Gasteiger partial charge in [0.2, 0.25) is 0 Å². The van der Waals surface area contributed by atoms with Crippen LogP contribution < -0.4 is 10.1 Å². The molecule has 2 rings (SSSR count). The summed E-state index contributed by atoms with van der Waals surface area (Å²) in [6.45, 7) is -1.83. The molecule has 2 aromatic rings. The number of halogens is 4. The van der Waals surface area contributed by atoms with Crippen molar-refractivity contribution in [2.45, 2.75) is 19.6 Å². The van der Waals surface area contributed by atoms with E-state index in [0.29, 0.717) is 0 Å². The molecule has 0 saturated heterocycles. The number of ether oxygens (including phenoxy) is 2. The zero-order valence-electron chi connectivity index (χ0n) is 13.3. The Morgan fingerprint density at radius 2 is 1.85 bits per heavy atom. The topological polar surface area (TPSA) is 64.6 Å². The molecule has 1 N–H and O–H groups in total. The molecule has 0 bridgehead atoms. The van der Waals surface area contributed by atoms with Gasteiger partial charge in [-0.05, 0) is 37.3 Å². The Labute approximate surface area is 151 Å². The van der Waals surface area contributed by atoms with Gasteiger partial charge in [-0.25, -0.2) is 9.18 Å². The number of carbonyl (C=O) groups excluding carboxylic acids is 2. The van der Waals surface area contributed by atoms with Crippen molar-refractivity contribution < 1.29 is 32.2 Å². The number of hydrogen-bond acceptors (Lipinski definition) is 4. The standard InChI is InChI=1S/C17H13ClF3NO4/c1-9(25-16(24)11-8-10(18)6-7-12(11)19)15(23)22-13-4-2-3-5-14(13)26-17(20)21/h2-9,17H,1H3,(H,22,23)/t9-/m0/s1. The lowest BCUT2D eigenvalue weighted by atomic mass is 10.2. The monoisotopic (exact) mass is 387 g/mol. The van der Waals surface area contributed by atoms with Gasteiger partial charge >= 0.3 is 12.6 Å². The fourth-order valence-electron chi connectivity index (χ4n) is 1.93. The van der Waals surface area contributed by atoms with Crippen LogP contribution in [0.1, 0.15) is 17.3 Å². The number of carbonyl (C=O) groups is 2. The SMILES string of the molecule is C[C@H](OC(=O)c1cc(Cl)ccc1F)C(=O)Nc1ccccc1OC(F)F. The van der Waals surface area contributed by atoms with Crippen LogP contribution >= 0.6 is 11.6 Å². The second-order valence-electron chi connectivity index (χ2n) is 5.04. The molecule has 0 heterocycles. The van der Waals surface area contributed by atoms with Gasteiger partial charge in [0.25, 0.3) is 5.91 Å². The van der Waals surface area contributed by atoms with Crippen LogP contribution in [0.5, 0.6) is 5.75 Å². The van der Waals surface area contributed by atoms with Gasteiger partial charge in [0.15, 0.2) is 6.10 Å². The Bertz CT molecular complexity index is 816. The maximum Gasteiger partial charge on any atom is 0.387 e. The molecule has 26 heavy (non-hydrogen) atoms. The van der Waals surface area contributed by atoms with Crippen LogP contribution in [0.4, 0.5) is 18.9 Å². The lowest BCUT2D eigenvalue weighted by Crippen LogP contribution is -2.30. The normalized spacial score (nSPS) is 11.8. The highest BCUT2D eigenvalue weighted by Crippen LogP contribution is 2.26. The molecule has 5 nitrogen and oxygen atoms in total. The number of esters is 1. The third kappa shape index (κ3) is 5.13. The van der Waals surface area contributed by atoms with Crippen LogP contribution in [0.2, 0.25) is 5.02 Å². The number of nitrogens with one attached hydrogen (secondary N) is 1. The Hall–Kier alpha value is -2.74. The number of anilines is 1. The van der Waals surface area contributed by atoms with Gasteiger partial charge in [0, 0.05) is 5.02 Å². The highest BCUT2D eigenvalue weighted by molar-refractivity contribution is 6.30. The molecule has 0 unspecified atom stereocenters. The van der Waals surface area contributed by atoms with E-state index in [0.717, 1.165) is 12.1 Å². The molecule has 0 fully saturated rings. The first kappa shape index (κ1) is 19.6. The molecule has 0 saturated carbocycles.